The zero-order valence-corrected chi connectivity index (χ0v) is 8.04. The molecule has 0 heterocycles. The number of unbranched alkanes of at least 4 members (excludes halogenated alkanes) is 2. The summed E-state index contributed by atoms with van der Waals surface area (Å²) in [7, 11) is 0. The fraction of sp³-hybridized carbons (Fsp3) is 1.00. The van der Waals surface area contributed by atoms with Gasteiger partial charge in [-0.25, -0.2) is 0 Å². The molecule has 0 bridgehead atoms. The molecule has 0 N–H and O–H groups in total. The fourth-order valence-corrected chi connectivity index (χ4v) is 1.08. The van der Waals surface area contributed by atoms with Gasteiger partial charge in [0.25, 0.3) is 0 Å². The molecule has 0 unspecified atom stereocenters. The first-order chi connectivity index (χ1) is 4.56. The van der Waals surface area contributed by atoms with Gasteiger partial charge in [-0.05, 0) is 0 Å². The Kier molecular flexibility index (Phi) is 5.59. The van der Waals surface area contributed by atoms with Crippen molar-refractivity contribution >= 4 is 17.7 Å². The van der Waals surface area contributed by atoms with E-state index >= 15 is 0 Å². The second kappa shape index (κ2) is 5.27. The van der Waals surface area contributed by atoms with Crippen LogP contribution in [-0.4, -0.2) is 17.7 Å². The summed E-state index contributed by atoms with van der Waals surface area (Å²) in [6.45, 7) is 6.96. The topological polar surface area (TPSA) is 0 Å². The summed E-state index contributed by atoms with van der Waals surface area (Å²) >= 11 is 2.26. The van der Waals surface area contributed by atoms with Gasteiger partial charge in [-0.3, -0.25) is 0 Å². The third-order valence-electron chi connectivity index (χ3n) is 1.78. The molecule has 0 saturated carbocycles. The van der Waals surface area contributed by atoms with Crippen molar-refractivity contribution in [2.24, 2.45) is 5.41 Å². The van der Waals surface area contributed by atoms with E-state index in [2.05, 4.69) is 38.5 Å². The van der Waals surface area contributed by atoms with Gasteiger partial charge in [-0.15, -0.1) is 0 Å². The molecule has 0 aliphatic carbocycles. The van der Waals surface area contributed by atoms with Gasteiger partial charge in [0.2, 0.25) is 0 Å². The second-order valence-electron chi connectivity index (χ2n) is 4.37. The Labute approximate surface area is 75.0 Å². The van der Waals surface area contributed by atoms with Crippen LogP contribution in [0.25, 0.3) is 0 Å². The van der Waals surface area contributed by atoms with Crippen LogP contribution in [0.15, 0.2) is 0 Å². The number of hydrogen-bond acceptors (Lipinski definition) is 0. The molecule has 0 aliphatic rings. The van der Waals surface area contributed by atoms with Gasteiger partial charge in [0, 0.05) is 0 Å². The molecule has 0 spiro atoms. The van der Waals surface area contributed by atoms with E-state index in [4.69, 9.17) is 0 Å². The summed E-state index contributed by atoms with van der Waals surface area (Å²) in [6.07, 6.45) is 5.63. The van der Waals surface area contributed by atoms with Crippen LogP contribution in [0.5, 0.6) is 0 Å². The summed E-state index contributed by atoms with van der Waals surface area (Å²) in [5, 5.41) is 1.35. The van der Waals surface area contributed by atoms with Gasteiger partial charge >= 0.3 is 74.7 Å². The van der Waals surface area contributed by atoms with Gasteiger partial charge in [0.1, 0.15) is 0 Å². The third-order valence-corrected chi connectivity index (χ3v) is 1.78. The third kappa shape index (κ3) is 8.60. The average molecular weight is 134 g/mol. The maximum atomic E-state index is 2.32. The van der Waals surface area contributed by atoms with Crippen LogP contribution in [-0.2, 0) is 0 Å². The standard InChI is InChI=1S/C9H19.Li/c1-5-6-7-8-9(2,3)4;/h1,5-8H2,2-4H3;. The molecule has 0 aromatic heterocycles. The molecule has 0 aliphatic heterocycles. The Bertz CT molecular complexity index is 71.3. The normalized spacial score (nSPS) is 12.1. The Hall–Kier alpha value is 0.597. The molecule has 0 atom stereocenters. The van der Waals surface area contributed by atoms with Crippen LogP contribution < -0.4 is 0 Å². The maximum absolute atomic E-state index is 2.32. The molecular weight excluding hydrogens is 115 g/mol. The van der Waals surface area contributed by atoms with Crippen LogP contribution in [0.4, 0.5) is 0 Å². The molecule has 0 aromatic carbocycles. The minimum absolute atomic E-state index is 0.549. The molecule has 0 radical (unpaired) electrons. The molecular formula is C9H19Li. The summed E-state index contributed by atoms with van der Waals surface area (Å²) in [5.74, 6) is 0. The van der Waals surface area contributed by atoms with Crippen molar-refractivity contribution in [1.82, 2.24) is 0 Å². The first kappa shape index (κ1) is 10.6. The zero-order chi connectivity index (χ0) is 8.04. The van der Waals surface area contributed by atoms with Gasteiger partial charge in [-0.1, -0.05) is 0 Å². The van der Waals surface area contributed by atoms with E-state index < -0.39 is 0 Å². The van der Waals surface area contributed by atoms with E-state index in [1.165, 1.54) is 30.8 Å². The second-order valence-corrected chi connectivity index (χ2v) is 4.37. The van der Waals surface area contributed by atoms with E-state index in [9.17, 15) is 0 Å². The van der Waals surface area contributed by atoms with E-state index in [0.717, 1.165) is 0 Å². The predicted octanol–water partition coefficient (Wildman–Crippen LogP) is 3.18. The first-order valence-corrected chi connectivity index (χ1v) is 4.56. The van der Waals surface area contributed by atoms with Crippen molar-refractivity contribution in [2.45, 2.75) is 51.5 Å². The van der Waals surface area contributed by atoms with Gasteiger partial charge in [0.05, 0.1) is 0 Å². The van der Waals surface area contributed by atoms with Crippen LogP contribution in [0, 0.1) is 5.41 Å². The quantitative estimate of drug-likeness (QED) is 0.409. The van der Waals surface area contributed by atoms with E-state index in [0.29, 0.717) is 5.41 Å². The Morgan fingerprint density at radius 1 is 1.00 bits per heavy atom. The van der Waals surface area contributed by atoms with Gasteiger partial charge in [0.15, 0.2) is 0 Å². The predicted molar refractivity (Wildman–Crippen MR) is 48.5 cm³/mol. The average Bonchev–Trinajstić information content (AvgIpc) is 1.78. The minimum atomic E-state index is 0.549. The van der Waals surface area contributed by atoms with Crippen molar-refractivity contribution in [1.29, 1.82) is 0 Å². The van der Waals surface area contributed by atoms with Crippen molar-refractivity contribution in [3.63, 3.8) is 0 Å². The van der Waals surface area contributed by atoms with Crippen LogP contribution >= 0.6 is 0 Å². The number of rotatable bonds is 4. The molecule has 0 rings (SSSR count). The van der Waals surface area contributed by atoms with E-state index in [1.54, 1.807) is 0 Å². The van der Waals surface area contributed by atoms with Crippen molar-refractivity contribution in [3.05, 3.63) is 0 Å². The van der Waals surface area contributed by atoms with Gasteiger partial charge in [-0.2, -0.15) is 0 Å². The van der Waals surface area contributed by atoms with E-state index in [-0.39, 0.29) is 0 Å². The molecule has 0 amide bonds. The summed E-state index contributed by atoms with van der Waals surface area (Å²) in [5.41, 5.74) is 0.549. The van der Waals surface area contributed by atoms with Crippen LogP contribution in [0.2, 0.25) is 5.09 Å². The molecule has 0 fully saturated rings. The molecule has 10 heavy (non-hydrogen) atoms. The van der Waals surface area contributed by atoms with Crippen molar-refractivity contribution in [2.75, 3.05) is 0 Å². The van der Waals surface area contributed by atoms with Crippen molar-refractivity contribution in [3.8, 4) is 0 Å². The van der Waals surface area contributed by atoms with E-state index in [1.807, 2.05) is 0 Å². The summed E-state index contributed by atoms with van der Waals surface area (Å²) in [4.78, 5) is 0. The monoisotopic (exact) mass is 134 g/mol. The Balaban J connectivity index is 3.04. The Morgan fingerprint density at radius 3 is 2.00 bits per heavy atom. The fourth-order valence-electron chi connectivity index (χ4n) is 1.08. The van der Waals surface area contributed by atoms with Crippen LogP contribution in [0.3, 0.4) is 0 Å². The zero-order valence-electron chi connectivity index (χ0n) is 8.04. The summed E-state index contributed by atoms with van der Waals surface area (Å²) in [6, 6.07) is 0. The van der Waals surface area contributed by atoms with Gasteiger partial charge < -0.3 is 0 Å². The molecule has 1 heteroatoms. The number of hydrogen-bond donors (Lipinski definition) is 0. The summed E-state index contributed by atoms with van der Waals surface area (Å²) < 4.78 is 0. The molecule has 0 saturated heterocycles. The SMILES string of the molecule is [Li][CH2]CCCCC(C)(C)C. The van der Waals surface area contributed by atoms with Crippen LogP contribution in [0.1, 0.15) is 46.5 Å². The molecule has 56 valence electrons. The van der Waals surface area contributed by atoms with Crippen molar-refractivity contribution < 1.29 is 0 Å². The Morgan fingerprint density at radius 2 is 1.60 bits per heavy atom. The first-order valence-electron chi connectivity index (χ1n) is 4.56. The molecule has 0 aromatic rings. The molecule has 0 nitrogen and oxygen atoms in total.